The molecule has 0 unspecified atom stereocenters. The number of nitrogens with zero attached hydrogens (tertiary/aromatic N) is 1. The summed E-state index contributed by atoms with van der Waals surface area (Å²) >= 11 is 5.00. The van der Waals surface area contributed by atoms with Gasteiger partial charge in [0.25, 0.3) is 0 Å². The first-order valence-electron chi connectivity index (χ1n) is 5.81. The van der Waals surface area contributed by atoms with Gasteiger partial charge < -0.3 is 15.3 Å². The summed E-state index contributed by atoms with van der Waals surface area (Å²) in [6, 6.07) is 8.37. The van der Waals surface area contributed by atoms with Crippen molar-refractivity contribution >= 4 is 24.2 Å². The third-order valence-corrected chi connectivity index (χ3v) is 2.62. The minimum Gasteiger partial charge on any atom is -0.347 e. The van der Waals surface area contributed by atoms with Gasteiger partial charge in [-0.15, -0.1) is 0 Å². The van der Waals surface area contributed by atoms with Gasteiger partial charge in [-0.05, 0) is 43.8 Å². The van der Waals surface area contributed by atoms with Crippen LogP contribution in [0.3, 0.4) is 0 Å². The fourth-order valence-electron chi connectivity index (χ4n) is 1.49. The molecule has 0 saturated heterocycles. The van der Waals surface area contributed by atoms with Crippen LogP contribution in [0.1, 0.15) is 13.8 Å². The lowest BCUT2D eigenvalue weighted by Gasteiger charge is -2.02. The number of hydrogen-bond acceptors (Lipinski definition) is 2. The predicted octanol–water partition coefficient (Wildman–Crippen LogP) is 3.59. The summed E-state index contributed by atoms with van der Waals surface area (Å²) in [5.41, 5.74) is 3.09. The first kappa shape index (κ1) is 12.6. The molecule has 3 N–H and O–H groups in total. The number of aliphatic imine (C=N–C) groups is 1. The van der Waals surface area contributed by atoms with E-state index in [0.717, 1.165) is 16.9 Å². The highest BCUT2D eigenvalue weighted by molar-refractivity contribution is 7.71. The Hall–Kier alpha value is -1.88. The van der Waals surface area contributed by atoms with Gasteiger partial charge in [0, 0.05) is 17.9 Å². The summed E-state index contributed by atoms with van der Waals surface area (Å²) in [5.74, 6) is 0. The summed E-state index contributed by atoms with van der Waals surface area (Å²) in [6.07, 6.45) is 3.59. The highest BCUT2D eigenvalue weighted by Gasteiger charge is 1.98. The van der Waals surface area contributed by atoms with Crippen LogP contribution in [0.2, 0.25) is 0 Å². The summed E-state index contributed by atoms with van der Waals surface area (Å²) in [6.45, 7) is 4.07. The Labute approximate surface area is 111 Å². The van der Waals surface area contributed by atoms with E-state index in [0.29, 0.717) is 10.8 Å². The fraction of sp³-hybridized carbons (Fsp3) is 0.231. The van der Waals surface area contributed by atoms with Crippen molar-refractivity contribution in [1.29, 1.82) is 0 Å². The Bertz CT molecular complexity index is 578. The van der Waals surface area contributed by atoms with E-state index in [1.807, 2.05) is 44.3 Å². The first-order valence-corrected chi connectivity index (χ1v) is 6.22. The quantitative estimate of drug-likeness (QED) is 0.447. The van der Waals surface area contributed by atoms with Crippen LogP contribution in [-0.2, 0) is 0 Å². The van der Waals surface area contributed by atoms with E-state index in [4.69, 9.17) is 12.2 Å². The molecule has 0 aliphatic carbocycles. The molecule has 0 fully saturated rings. The van der Waals surface area contributed by atoms with Crippen LogP contribution in [0.4, 0.5) is 5.69 Å². The number of benzene rings is 1. The van der Waals surface area contributed by atoms with Crippen molar-refractivity contribution in [3.05, 3.63) is 35.2 Å². The zero-order valence-corrected chi connectivity index (χ0v) is 11.2. The van der Waals surface area contributed by atoms with Crippen LogP contribution in [0, 0.1) is 4.77 Å². The minimum atomic E-state index is 0.303. The molecule has 0 saturated carbocycles. The van der Waals surface area contributed by atoms with E-state index in [1.165, 1.54) is 0 Å². The topological polar surface area (TPSA) is 56.0 Å². The fourth-order valence-corrected chi connectivity index (χ4v) is 1.66. The van der Waals surface area contributed by atoms with Crippen LogP contribution >= 0.6 is 12.2 Å². The standard InChI is InChI=1S/C13H16N4S/c1-9(2)15-8-16-11-5-3-10(4-6-11)12-7-14-13(18)17-12/h3-9H,1-2H3,(H,15,16)(H2,14,17,18). The van der Waals surface area contributed by atoms with E-state index in [9.17, 15) is 0 Å². The number of anilines is 1. The minimum absolute atomic E-state index is 0.303. The third kappa shape index (κ3) is 3.30. The first-order chi connectivity index (χ1) is 8.65. The number of aromatic amines is 2. The van der Waals surface area contributed by atoms with Gasteiger partial charge in [-0.25, -0.2) is 0 Å². The maximum Gasteiger partial charge on any atom is 0.174 e. The molecule has 18 heavy (non-hydrogen) atoms. The Morgan fingerprint density at radius 1 is 1.28 bits per heavy atom. The number of rotatable bonds is 4. The molecule has 5 heteroatoms. The second-order valence-electron chi connectivity index (χ2n) is 4.25. The molecule has 0 bridgehead atoms. The molecule has 1 heterocycles. The van der Waals surface area contributed by atoms with Gasteiger partial charge in [0.15, 0.2) is 4.77 Å². The molecular formula is C13H16N4S. The van der Waals surface area contributed by atoms with E-state index < -0.39 is 0 Å². The van der Waals surface area contributed by atoms with Crippen LogP contribution in [0.15, 0.2) is 35.5 Å². The molecule has 0 radical (unpaired) electrons. The van der Waals surface area contributed by atoms with Crippen LogP contribution in [0.25, 0.3) is 11.3 Å². The maximum atomic E-state index is 5.00. The van der Waals surface area contributed by atoms with Gasteiger partial charge in [-0.1, -0.05) is 12.1 Å². The number of nitrogens with one attached hydrogen (secondary N) is 3. The monoisotopic (exact) mass is 260 g/mol. The molecule has 94 valence electrons. The van der Waals surface area contributed by atoms with Crippen molar-refractivity contribution in [3.63, 3.8) is 0 Å². The Morgan fingerprint density at radius 2 is 2.00 bits per heavy atom. The van der Waals surface area contributed by atoms with Crippen LogP contribution in [-0.4, -0.2) is 22.3 Å². The smallest absolute Gasteiger partial charge is 0.174 e. The maximum absolute atomic E-state index is 5.00. The zero-order valence-electron chi connectivity index (χ0n) is 10.4. The lowest BCUT2D eigenvalue weighted by atomic mass is 10.1. The molecule has 2 rings (SSSR count). The van der Waals surface area contributed by atoms with Crippen LogP contribution in [0.5, 0.6) is 0 Å². The summed E-state index contributed by atoms with van der Waals surface area (Å²) in [4.78, 5) is 10.3. The Morgan fingerprint density at radius 3 is 2.56 bits per heavy atom. The molecule has 0 spiro atoms. The van der Waals surface area contributed by atoms with Crippen LogP contribution < -0.4 is 5.32 Å². The number of imidazole rings is 1. The van der Waals surface area contributed by atoms with E-state index in [-0.39, 0.29) is 0 Å². The number of hydrogen-bond donors (Lipinski definition) is 3. The van der Waals surface area contributed by atoms with Gasteiger partial charge in [-0.3, -0.25) is 4.99 Å². The normalized spacial score (nSPS) is 11.3. The van der Waals surface area contributed by atoms with Crippen molar-refractivity contribution in [2.45, 2.75) is 19.9 Å². The Kier molecular flexibility index (Phi) is 3.94. The zero-order chi connectivity index (χ0) is 13.0. The SMILES string of the molecule is CC(C)N=CNc1ccc(-c2c[nH]c(=S)[nH]2)cc1. The van der Waals surface area contributed by atoms with Gasteiger partial charge in [0.2, 0.25) is 0 Å². The van der Waals surface area contributed by atoms with Crippen molar-refractivity contribution in [3.8, 4) is 11.3 Å². The largest absolute Gasteiger partial charge is 0.347 e. The number of aromatic nitrogens is 2. The van der Waals surface area contributed by atoms with Crippen molar-refractivity contribution in [2.75, 3.05) is 5.32 Å². The summed E-state index contributed by atoms with van der Waals surface area (Å²) in [5, 5.41) is 3.13. The predicted molar refractivity (Wildman–Crippen MR) is 78.7 cm³/mol. The summed E-state index contributed by atoms with van der Waals surface area (Å²) < 4.78 is 0.635. The molecule has 0 aliphatic rings. The van der Waals surface area contributed by atoms with Gasteiger partial charge in [0.1, 0.15) is 0 Å². The lowest BCUT2D eigenvalue weighted by molar-refractivity contribution is 0.840. The van der Waals surface area contributed by atoms with Crippen molar-refractivity contribution < 1.29 is 0 Å². The average molecular weight is 260 g/mol. The number of H-pyrrole nitrogens is 2. The lowest BCUT2D eigenvalue weighted by Crippen LogP contribution is -1.98. The van der Waals surface area contributed by atoms with Gasteiger partial charge in [-0.2, -0.15) is 0 Å². The Balaban J connectivity index is 2.08. The highest BCUT2D eigenvalue weighted by atomic mass is 32.1. The second-order valence-corrected chi connectivity index (χ2v) is 4.66. The van der Waals surface area contributed by atoms with Gasteiger partial charge >= 0.3 is 0 Å². The molecule has 1 aromatic heterocycles. The van der Waals surface area contributed by atoms with E-state index in [1.54, 1.807) is 6.34 Å². The molecule has 1 aromatic carbocycles. The van der Waals surface area contributed by atoms with Crippen molar-refractivity contribution in [1.82, 2.24) is 9.97 Å². The van der Waals surface area contributed by atoms with E-state index in [2.05, 4.69) is 20.3 Å². The molecular weight excluding hydrogens is 244 g/mol. The molecule has 0 atom stereocenters. The summed E-state index contributed by atoms with van der Waals surface area (Å²) in [7, 11) is 0. The average Bonchev–Trinajstić information content (AvgIpc) is 2.76. The third-order valence-electron chi connectivity index (χ3n) is 2.40. The highest BCUT2D eigenvalue weighted by Crippen LogP contribution is 2.18. The molecule has 4 nitrogen and oxygen atoms in total. The molecule has 0 aliphatic heterocycles. The van der Waals surface area contributed by atoms with Gasteiger partial charge in [0.05, 0.1) is 12.0 Å². The second kappa shape index (κ2) is 5.64. The van der Waals surface area contributed by atoms with Crippen molar-refractivity contribution in [2.24, 2.45) is 4.99 Å². The molecule has 0 amide bonds. The van der Waals surface area contributed by atoms with E-state index >= 15 is 0 Å². The molecule has 2 aromatic rings.